The molecule has 1 rings (SSSR count). The number of aliphatic hydroxyl groups excluding tert-OH is 1. The van der Waals surface area contributed by atoms with Gasteiger partial charge in [0, 0.05) is 10.4 Å². The van der Waals surface area contributed by atoms with Crippen LogP contribution in [-0.2, 0) is 0 Å². The maximum atomic E-state index is 9.05. The van der Waals surface area contributed by atoms with Gasteiger partial charge in [0.1, 0.15) is 0 Å². The fraction of sp³-hybridized carbons (Fsp3) is 0.571. The largest absolute Gasteiger partial charge is 0.394 e. The molecule has 3 heteroatoms. The van der Waals surface area contributed by atoms with Crippen LogP contribution in [0.4, 0.5) is 0 Å². The Balaban J connectivity index is 2.34. The zero-order valence-electron chi connectivity index (χ0n) is 11.0. The van der Waals surface area contributed by atoms with E-state index in [0.29, 0.717) is 0 Å². The lowest BCUT2D eigenvalue weighted by Crippen LogP contribution is -2.40. The summed E-state index contributed by atoms with van der Waals surface area (Å²) in [6, 6.07) is 6.56. The molecule has 0 bridgehead atoms. The molecular weight excluding hydrogens is 230 g/mol. The number of nitrogens with two attached hydrogens (primary N) is 1. The molecule has 1 aromatic rings. The maximum Gasteiger partial charge on any atom is 0.0608 e. The highest BCUT2D eigenvalue weighted by Gasteiger charge is 2.15. The van der Waals surface area contributed by atoms with Crippen molar-refractivity contribution in [1.82, 2.24) is 0 Å². The zero-order valence-corrected chi connectivity index (χ0v) is 11.8. The normalized spacial score (nSPS) is 14.6. The molecule has 0 fully saturated rings. The fourth-order valence-corrected chi connectivity index (χ4v) is 2.50. The molecule has 1 aromatic carbocycles. The fourth-order valence-electron chi connectivity index (χ4n) is 1.55. The molecular formula is C14H23NOS. The summed E-state index contributed by atoms with van der Waals surface area (Å²) >= 11 is 1.86. The van der Waals surface area contributed by atoms with Crippen LogP contribution in [0.1, 0.15) is 30.9 Å². The van der Waals surface area contributed by atoms with Gasteiger partial charge in [0.15, 0.2) is 0 Å². The van der Waals surface area contributed by atoms with Crippen LogP contribution in [0.3, 0.4) is 0 Å². The van der Waals surface area contributed by atoms with E-state index >= 15 is 0 Å². The molecule has 0 saturated carbocycles. The highest BCUT2D eigenvalue weighted by Crippen LogP contribution is 2.23. The summed E-state index contributed by atoms with van der Waals surface area (Å²) in [5.41, 5.74) is 8.13. The van der Waals surface area contributed by atoms with Gasteiger partial charge in [-0.25, -0.2) is 0 Å². The van der Waals surface area contributed by atoms with Gasteiger partial charge in [-0.05, 0) is 62.6 Å². The molecule has 0 heterocycles. The molecule has 0 aliphatic rings. The number of benzene rings is 1. The predicted molar refractivity (Wildman–Crippen MR) is 75.6 cm³/mol. The molecule has 2 nitrogen and oxygen atoms in total. The molecule has 0 spiro atoms. The second-order valence-electron chi connectivity index (χ2n) is 5.01. The molecule has 3 N–H and O–H groups in total. The highest BCUT2D eigenvalue weighted by atomic mass is 32.2. The summed E-state index contributed by atoms with van der Waals surface area (Å²) in [5.74, 6) is 1.05. The van der Waals surface area contributed by atoms with Crippen LogP contribution >= 0.6 is 11.8 Å². The molecule has 1 atom stereocenters. The SMILES string of the molecule is Cc1ccc(SCCCC(C)(N)CO)cc1C. The molecule has 0 aliphatic carbocycles. The van der Waals surface area contributed by atoms with Crippen LogP contribution in [0, 0.1) is 13.8 Å². The summed E-state index contributed by atoms with van der Waals surface area (Å²) in [5, 5.41) is 9.05. The monoisotopic (exact) mass is 253 g/mol. The number of aliphatic hydroxyl groups is 1. The Labute approximate surface area is 109 Å². The van der Waals surface area contributed by atoms with Gasteiger partial charge in [0.25, 0.3) is 0 Å². The Morgan fingerprint density at radius 2 is 2.00 bits per heavy atom. The lowest BCUT2D eigenvalue weighted by Gasteiger charge is -2.21. The van der Waals surface area contributed by atoms with E-state index in [-0.39, 0.29) is 6.61 Å². The van der Waals surface area contributed by atoms with Crippen LogP contribution in [0.5, 0.6) is 0 Å². The van der Waals surface area contributed by atoms with E-state index in [2.05, 4.69) is 32.0 Å². The van der Waals surface area contributed by atoms with E-state index in [0.717, 1.165) is 18.6 Å². The van der Waals surface area contributed by atoms with Crippen LogP contribution in [0.25, 0.3) is 0 Å². The third kappa shape index (κ3) is 5.11. The quantitative estimate of drug-likeness (QED) is 0.605. The lowest BCUT2D eigenvalue weighted by molar-refractivity contribution is 0.200. The molecule has 1 unspecified atom stereocenters. The van der Waals surface area contributed by atoms with Crippen molar-refractivity contribution in [2.75, 3.05) is 12.4 Å². The summed E-state index contributed by atoms with van der Waals surface area (Å²) < 4.78 is 0. The van der Waals surface area contributed by atoms with Gasteiger partial charge in [0.05, 0.1) is 6.61 Å². The van der Waals surface area contributed by atoms with Crippen molar-refractivity contribution in [3.05, 3.63) is 29.3 Å². The Morgan fingerprint density at radius 3 is 2.59 bits per heavy atom. The molecule has 17 heavy (non-hydrogen) atoms. The van der Waals surface area contributed by atoms with Crippen LogP contribution in [-0.4, -0.2) is 23.0 Å². The summed E-state index contributed by atoms with van der Waals surface area (Å²) in [6.07, 6.45) is 1.90. The van der Waals surface area contributed by atoms with Crippen molar-refractivity contribution in [2.24, 2.45) is 5.73 Å². The van der Waals surface area contributed by atoms with Gasteiger partial charge in [0.2, 0.25) is 0 Å². The van der Waals surface area contributed by atoms with E-state index in [4.69, 9.17) is 10.8 Å². The third-order valence-corrected chi connectivity index (χ3v) is 4.08. The zero-order chi connectivity index (χ0) is 12.9. The average molecular weight is 253 g/mol. The van der Waals surface area contributed by atoms with E-state index in [9.17, 15) is 0 Å². The van der Waals surface area contributed by atoms with Crippen molar-refractivity contribution in [3.8, 4) is 0 Å². The first-order valence-electron chi connectivity index (χ1n) is 6.04. The smallest absolute Gasteiger partial charge is 0.0608 e. The molecule has 0 aromatic heterocycles. The van der Waals surface area contributed by atoms with E-state index in [1.165, 1.54) is 16.0 Å². The Morgan fingerprint density at radius 1 is 1.29 bits per heavy atom. The van der Waals surface area contributed by atoms with Crippen LogP contribution in [0.2, 0.25) is 0 Å². The highest BCUT2D eigenvalue weighted by molar-refractivity contribution is 7.99. The maximum absolute atomic E-state index is 9.05. The third-order valence-electron chi connectivity index (χ3n) is 3.00. The van der Waals surface area contributed by atoms with Crippen molar-refractivity contribution >= 4 is 11.8 Å². The molecule has 0 saturated heterocycles. The first kappa shape index (κ1) is 14.6. The van der Waals surface area contributed by atoms with Gasteiger partial charge in [-0.1, -0.05) is 6.07 Å². The molecule has 0 aliphatic heterocycles. The summed E-state index contributed by atoms with van der Waals surface area (Å²) in [4.78, 5) is 1.32. The summed E-state index contributed by atoms with van der Waals surface area (Å²) in [7, 11) is 0. The number of hydrogen-bond acceptors (Lipinski definition) is 3. The first-order valence-corrected chi connectivity index (χ1v) is 7.03. The number of hydrogen-bond donors (Lipinski definition) is 2. The Hall–Kier alpha value is -0.510. The lowest BCUT2D eigenvalue weighted by atomic mass is 9.99. The number of rotatable bonds is 6. The number of thioether (sulfide) groups is 1. The van der Waals surface area contributed by atoms with Crippen LogP contribution < -0.4 is 5.73 Å². The number of aryl methyl sites for hydroxylation is 2. The Bertz CT molecular complexity index is 363. The van der Waals surface area contributed by atoms with Crippen LogP contribution in [0.15, 0.2) is 23.1 Å². The predicted octanol–water partition coefficient (Wildman–Crippen LogP) is 2.89. The van der Waals surface area contributed by atoms with Gasteiger partial charge >= 0.3 is 0 Å². The summed E-state index contributed by atoms with van der Waals surface area (Å²) in [6.45, 7) is 6.22. The van der Waals surface area contributed by atoms with Crippen molar-refractivity contribution < 1.29 is 5.11 Å². The first-order chi connectivity index (χ1) is 7.94. The second-order valence-corrected chi connectivity index (χ2v) is 6.18. The van der Waals surface area contributed by atoms with Gasteiger partial charge in [-0.15, -0.1) is 11.8 Å². The molecule has 0 amide bonds. The minimum Gasteiger partial charge on any atom is -0.394 e. The van der Waals surface area contributed by atoms with E-state index in [1.807, 2.05) is 18.7 Å². The molecule has 0 radical (unpaired) electrons. The van der Waals surface area contributed by atoms with Gasteiger partial charge in [-0.2, -0.15) is 0 Å². The van der Waals surface area contributed by atoms with Crippen molar-refractivity contribution in [2.45, 2.75) is 44.0 Å². The minimum absolute atomic E-state index is 0.0569. The van der Waals surface area contributed by atoms with Crippen molar-refractivity contribution in [3.63, 3.8) is 0 Å². The second kappa shape index (κ2) is 6.43. The molecule has 96 valence electrons. The van der Waals surface area contributed by atoms with Gasteiger partial charge < -0.3 is 10.8 Å². The average Bonchev–Trinajstić information content (AvgIpc) is 2.29. The minimum atomic E-state index is -0.427. The van der Waals surface area contributed by atoms with Crippen molar-refractivity contribution in [1.29, 1.82) is 0 Å². The van der Waals surface area contributed by atoms with Gasteiger partial charge in [-0.3, -0.25) is 0 Å². The Kier molecular flexibility index (Phi) is 5.50. The standard InChI is InChI=1S/C14H23NOS/c1-11-5-6-13(9-12(11)2)17-8-4-7-14(3,15)10-16/h5-6,9,16H,4,7-8,10,15H2,1-3H3. The van der Waals surface area contributed by atoms with E-state index in [1.54, 1.807) is 0 Å². The van der Waals surface area contributed by atoms with E-state index < -0.39 is 5.54 Å². The topological polar surface area (TPSA) is 46.2 Å².